The van der Waals surface area contributed by atoms with Crippen LogP contribution in [0.5, 0.6) is 0 Å². The van der Waals surface area contributed by atoms with Crippen LogP contribution in [-0.4, -0.2) is 39.3 Å². The summed E-state index contributed by atoms with van der Waals surface area (Å²) in [6, 6.07) is 11.3. The van der Waals surface area contributed by atoms with Crippen LogP contribution in [0.2, 0.25) is 0 Å². The lowest BCUT2D eigenvalue weighted by molar-refractivity contribution is -0.144. The molecule has 2 heterocycles. The molecule has 1 fully saturated rings. The number of aryl methyl sites for hydroxylation is 1. The number of pyridine rings is 1. The fourth-order valence-electron chi connectivity index (χ4n) is 3.15. The van der Waals surface area contributed by atoms with Crippen LogP contribution in [0.3, 0.4) is 0 Å². The third-order valence-corrected chi connectivity index (χ3v) is 5.87. The standard InChI is InChI=1S/C19H23N3O2S/c1-13-2-5-15(6-3-13)25-16-8-10-22(11-9-16)18(19(23)24)14-4-7-17(20)21-12-14/h2-7,12,16,18H,8-11H2,1H3,(H2,20,21)(H,23,24). The topological polar surface area (TPSA) is 79.5 Å². The minimum absolute atomic E-state index is 0.404. The molecule has 0 bridgehead atoms. The van der Waals surface area contributed by atoms with Crippen molar-refractivity contribution < 1.29 is 9.90 Å². The van der Waals surface area contributed by atoms with Gasteiger partial charge in [0, 0.05) is 29.4 Å². The highest BCUT2D eigenvalue weighted by Crippen LogP contribution is 2.33. The third-order valence-electron chi connectivity index (χ3n) is 4.52. The average molecular weight is 357 g/mol. The number of nitrogen functional groups attached to an aromatic ring is 1. The lowest BCUT2D eigenvalue weighted by atomic mass is 10.0. The monoisotopic (exact) mass is 357 g/mol. The number of aromatic nitrogens is 1. The summed E-state index contributed by atoms with van der Waals surface area (Å²) in [7, 11) is 0. The number of likely N-dealkylation sites (tertiary alicyclic amines) is 1. The van der Waals surface area contributed by atoms with Gasteiger partial charge in [-0.2, -0.15) is 0 Å². The molecule has 1 aromatic heterocycles. The van der Waals surface area contributed by atoms with Gasteiger partial charge in [-0.05, 0) is 43.5 Å². The van der Waals surface area contributed by atoms with Crippen molar-refractivity contribution in [2.45, 2.75) is 36.0 Å². The molecule has 1 aliphatic rings. The van der Waals surface area contributed by atoms with Crippen molar-refractivity contribution in [3.63, 3.8) is 0 Å². The number of hydrogen-bond donors (Lipinski definition) is 2. The summed E-state index contributed by atoms with van der Waals surface area (Å²) in [6.07, 6.45) is 3.52. The second kappa shape index (κ2) is 7.89. The van der Waals surface area contributed by atoms with Gasteiger partial charge in [-0.25, -0.2) is 4.98 Å². The molecular formula is C19H23N3O2S. The first-order valence-corrected chi connectivity index (χ1v) is 9.32. The van der Waals surface area contributed by atoms with Crippen LogP contribution in [0, 0.1) is 6.92 Å². The summed E-state index contributed by atoms with van der Waals surface area (Å²) >= 11 is 1.89. The molecule has 132 valence electrons. The third kappa shape index (κ3) is 4.52. The molecule has 1 unspecified atom stereocenters. The maximum atomic E-state index is 11.8. The second-order valence-corrected chi connectivity index (χ2v) is 7.80. The fraction of sp³-hybridized carbons (Fsp3) is 0.368. The Kier molecular flexibility index (Phi) is 5.60. The van der Waals surface area contributed by atoms with E-state index in [9.17, 15) is 9.90 Å². The molecule has 1 saturated heterocycles. The molecule has 6 heteroatoms. The maximum Gasteiger partial charge on any atom is 0.325 e. The van der Waals surface area contributed by atoms with Crippen LogP contribution in [0.15, 0.2) is 47.5 Å². The number of thioether (sulfide) groups is 1. The SMILES string of the molecule is Cc1ccc(SC2CCN(C(C(=O)O)c3ccc(N)nc3)CC2)cc1. The van der Waals surface area contributed by atoms with Gasteiger partial charge < -0.3 is 10.8 Å². The van der Waals surface area contributed by atoms with E-state index in [2.05, 4.69) is 36.2 Å². The van der Waals surface area contributed by atoms with E-state index in [0.29, 0.717) is 16.6 Å². The van der Waals surface area contributed by atoms with E-state index in [1.54, 1.807) is 18.3 Å². The smallest absolute Gasteiger partial charge is 0.325 e. The van der Waals surface area contributed by atoms with E-state index in [1.165, 1.54) is 10.5 Å². The number of carboxylic acid groups (broad SMARTS) is 1. The van der Waals surface area contributed by atoms with E-state index >= 15 is 0 Å². The number of carboxylic acids is 1. The van der Waals surface area contributed by atoms with Crippen LogP contribution in [0.4, 0.5) is 5.82 Å². The Morgan fingerprint density at radius 2 is 1.92 bits per heavy atom. The minimum atomic E-state index is -0.837. The van der Waals surface area contributed by atoms with Gasteiger partial charge in [-0.15, -0.1) is 11.8 Å². The molecule has 0 radical (unpaired) electrons. The van der Waals surface area contributed by atoms with Gasteiger partial charge in [-0.3, -0.25) is 9.69 Å². The zero-order valence-electron chi connectivity index (χ0n) is 14.3. The van der Waals surface area contributed by atoms with E-state index in [4.69, 9.17) is 5.73 Å². The van der Waals surface area contributed by atoms with Crippen molar-refractivity contribution in [3.8, 4) is 0 Å². The van der Waals surface area contributed by atoms with E-state index in [-0.39, 0.29) is 0 Å². The first-order valence-electron chi connectivity index (χ1n) is 8.44. The van der Waals surface area contributed by atoms with Crippen LogP contribution in [0.25, 0.3) is 0 Å². The number of benzene rings is 1. The lowest BCUT2D eigenvalue weighted by Gasteiger charge is -2.35. The average Bonchev–Trinajstić information content (AvgIpc) is 2.60. The molecule has 1 aliphatic heterocycles. The second-order valence-electron chi connectivity index (χ2n) is 6.42. The Labute approximate surface area is 152 Å². The molecule has 1 aromatic carbocycles. The van der Waals surface area contributed by atoms with Crippen molar-refractivity contribution >= 4 is 23.5 Å². The summed E-state index contributed by atoms with van der Waals surface area (Å²) in [5.41, 5.74) is 7.56. The van der Waals surface area contributed by atoms with Gasteiger partial charge in [0.1, 0.15) is 11.9 Å². The van der Waals surface area contributed by atoms with Gasteiger partial charge in [0.2, 0.25) is 0 Å². The molecule has 3 N–H and O–H groups in total. The Morgan fingerprint density at radius 1 is 1.24 bits per heavy atom. The number of nitrogens with two attached hydrogens (primary N) is 1. The van der Waals surface area contributed by atoms with Crippen molar-refractivity contribution in [2.75, 3.05) is 18.8 Å². The maximum absolute atomic E-state index is 11.8. The van der Waals surface area contributed by atoms with Crippen molar-refractivity contribution in [2.24, 2.45) is 0 Å². The first-order chi connectivity index (χ1) is 12.0. The summed E-state index contributed by atoms with van der Waals surface area (Å²) in [6.45, 7) is 3.63. The zero-order valence-corrected chi connectivity index (χ0v) is 15.1. The molecule has 2 aromatic rings. The van der Waals surface area contributed by atoms with Crippen molar-refractivity contribution in [1.82, 2.24) is 9.88 Å². The molecule has 0 amide bonds. The number of rotatable bonds is 5. The normalized spacial score (nSPS) is 17.3. The van der Waals surface area contributed by atoms with Crippen LogP contribution in [0.1, 0.15) is 30.0 Å². The number of anilines is 1. The largest absolute Gasteiger partial charge is 0.480 e. The van der Waals surface area contributed by atoms with E-state index < -0.39 is 12.0 Å². The number of piperidine rings is 1. The summed E-state index contributed by atoms with van der Waals surface area (Å²) in [5.74, 6) is -0.433. The Hall–Kier alpha value is -2.05. The molecule has 0 spiro atoms. The number of hydrogen-bond acceptors (Lipinski definition) is 5. The highest BCUT2D eigenvalue weighted by Gasteiger charge is 2.31. The number of aliphatic carboxylic acids is 1. The summed E-state index contributed by atoms with van der Waals surface area (Å²) in [5, 5.41) is 10.2. The van der Waals surface area contributed by atoms with Gasteiger partial charge in [0.05, 0.1) is 0 Å². The number of carbonyl (C=O) groups is 1. The van der Waals surface area contributed by atoms with Gasteiger partial charge >= 0.3 is 5.97 Å². The minimum Gasteiger partial charge on any atom is -0.480 e. The van der Waals surface area contributed by atoms with Gasteiger partial charge in [-0.1, -0.05) is 23.8 Å². The van der Waals surface area contributed by atoms with Gasteiger partial charge in [0.25, 0.3) is 0 Å². The quantitative estimate of drug-likeness (QED) is 0.854. The molecule has 0 aliphatic carbocycles. The molecule has 25 heavy (non-hydrogen) atoms. The Morgan fingerprint density at radius 3 is 2.48 bits per heavy atom. The molecule has 5 nitrogen and oxygen atoms in total. The zero-order chi connectivity index (χ0) is 17.8. The van der Waals surface area contributed by atoms with Crippen LogP contribution >= 0.6 is 11.8 Å². The Balaban J connectivity index is 1.62. The van der Waals surface area contributed by atoms with Crippen LogP contribution < -0.4 is 5.73 Å². The highest BCUT2D eigenvalue weighted by molar-refractivity contribution is 8.00. The molecule has 0 saturated carbocycles. The predicted octanol–water partition coefficient (Wildman–Crippen LogP) is 3.35. The molecule has 1 atom stereocenters. The van der Waals surface area contributed by atoms with Crippen molar-refractivity contribution in [3.05, 3.63) is 53.7 Å². The fourth-order valence-corrected chi connectivity index (χ4v) is 4.27. The van der Waals surface area contributed by atoms with Gasteiger partial charge in [0.15, 0.2) is 0 Å². The van der Waals surface area contributed by atoms with Crippen LogP contribution in [-0.2, 0) is 4.79 Å². The lowest BCUT2D eigenvalue weighted by Crippen LogP contribution is -2.40. The summed E-state index contributed by atoms with van der Waals surface area (Å²) < 4.78 is 0. The van der Waals surface area contributed by atoms with E-state index in [0.717, 1.165) is 25.9 Å². The summed E-state index contributed by atoms with van der Waals surface area (Å²) in [4.78, 5) is 19.1. The molecular weight excluding hydrogens is 334 g/mol. The number of nitrogens with zero attached hydrogens (tertiary/aromatic N) is 2. The first kappa shape index (κ1) is 17.8. The van der Waals surface area contributed by atoms with Crippen molar-refractivity contribution in [1.29, 1.82) is 0 Å². The Bertz CT molecular complexity index is 710. The molecule has 3 rings (SSSR count). The predicted molar refractivity (Wildman–Crippen MR) is 101 cm³/mol. The highest BCUT2D eigenvalue weighted by atomic mass is 32.2. The van der Waals surface area contributed by atoms with E-state index in [1.807, 2.05) is 16.7 Å².